The van der Waals surface area contributed by atoms with Crippen molar-refractivity contribution in [3.05, 3.63) is 59.7 Å². The average Bonchev–Trinajstić information content (AvgIpc) is 3.22. The molecule has 7 rings (SSSR count). The van der Waals surface area contributed by atoms with Gasteiger partial charge in [-0.05, 0) is 92.0 Å². The molecule has 4 aliphatic carbocycles. The van der Waals surface area contributed by atoms with Crippen molar-refractivity contribution in [2.45, 2.75) is 51.0 Å². The van der Waals surface area contributed by atoms with E-state index in [0.29, 0.717) is 12.5 Å². The molecule has 4 saturated carbocycles. The van der Waals surface area contributed by atoms with E-state index in [9.17, 15) is 4.79 Å². The number of rotatable bonds is 6. The van der Waals surface area contributed by atoms with Crippen molar-refractivity contribution in [1.29, 1.82) is 0 Å². The number of benzene rings is 2. The molecule has 0 aromatic heterocycles. The topological polar surface area (TPSA) is 35.6 Å². The van der Waals surface area contributed by atoms with Gasteiger partial charge in [0, 0.05) is 44.0 Å². The average molecular weight is 444 g/mol. The SMILES string of the molecule is CN(C)c1ccc([C@H](CNC(=O)C23CC4CC(CC(C4)C2)C3)N2CCc3ccccc32)cc1. The lowest BCUT2D eigenvalue weighted by Gasteiger charge is -2.55. The number of nitrogens with one attached hydrogen (secondary N) is 1. The van der Waals surface area contributed by atoms with Crippen LogP contribution in [-0.2, 0) is 11.2 Å². The van der Waals surface area contributed by atoms with Crippen molar-refractivity contribution in [2.24, 2.45) is 23.2 Å². The summed E-state index contributed by atoms with van der Waals surface area (Å²) in [6, 6.07) is 17.8. The van der Waals surface area contributed by atoms with E-state index in [-0.39, 0.29) is 11.5 Å². The predicted molar refractivity (Wildman–Crippen MR) is 135 cm³/mol. The van der Waals surface area contributed by atoms with Crippen LogP contribution in [-0.4, -0.2) is 33.1 Å². The number of para-hydroxylation sites is 1. The molecule has 4 nitrogen and oxygen atoms in total. The number of fused-ring (bicyclic) bond motifs is 1. The van der Waals surface area contributed by atoms with Crippen molar-refractivity contribution in [1.82, 2.24) is 5.32 Å². The van der Waals surface area contributed by atoms with E-state index in [2.05, 4.69) is 77.7 Å². The Morgan fingerprint density at radius 3 is 2.27 bits per heavy atom. The molecule has 0 spiro atoms. The zero-order valence-corrected chi connectivity index (χ0v) is 20.1. The Hall–Kier alpha value is -2.49. The highest BCUT2D eigenvalue weighted by atomic mass is 16.2. The third-order valence-corrected chi connectivity index (χ3v) is 9.07. The summed E-state index contributed by atoms with van der Waals surface area (Å²) in [5.74, 6) is 2.72. The van der Waals surface area contributed by atoms with Gasteiger partial charge in [0.25, 0.3) is 0 Å². The maximum absolute atomic E-state index is 13.7. The van der Waals surface area contributed by atoms with Crippen LogP contribution in [0.4, 0.5) is 11.4 Å². The van der Waals surface area contributed by atoms with Gasteiger partial charge < -0.3 is 15.1 Å². The molecule has 1 heterocycles. The highest BCUT2D eigenvalue weighted by Crippen LogP contribution is 2.60. The summed E-state index contributed by atoms with van der Waals surface area (Å²) in [7, 11) is 4.16. The number of amides is 1. The standard InChI is InChI=1S/C29H37N3O/c1-31(2)25-9-7-24(8-10-25)27(32-12-11-23-5-3-4-6-26(23)32)19-30-28(33)29-16-20-13-21(17-29)15-22(14-20)18-29/h3-10,20-22,27H,11-19H2,1-2H3,(H,30,33)/t20?,21?,22?,27-,29?/m0/s1. The van der Waals surface area contributed by atoms with Crippen molar-refractivity contribution < 1.29 is 4.79 Å². The summed E-state index contributed by atoms with van der Waals surface area (Å²) >= 11 is 0. The molecule has 33 heavy (non-hydrogen) atoms. The molecule has 4 heteroatoms. The van der Waals surface area contributed by atoms with Crippen molar-refractivity contribution in [3.63, 3.8) is 0 Å². The van der Waals surface area contributed by atoms with Crippen LogP contribution >= 0.6 is 0 Å². The number of nitrogens with zero attached hydrogens (tertiary/aromatic N) is 2. The molecule has 1 atom stereocenters. The lowest BCUT2D eigenvalue weighted by molar-refractivity contribution is -0.146. The van der Waals surface area contributed by atoms with E-state index in [0.717, 1.165) is 50.0 Å². The molecule has 4 bridgehead atoms. The highest BCUT2D eigenvalue weighted by molar-refractivity contribution is 5.83. The zero-order chi connectivity index (χ0) is 22.6. The maximum atomic E-state index is 13.7. The molecule has 0 unspecified atom stereocenters. The molecule has 2 aromatic carbocycles. The van der Waals surface area contributed by atoms with Gasteiger partial charge in [0.05, 0.1) is 6.04 Å². The van der Waals surface area contributed by atoms with Crippen LogP contribution < -0.4 is 15.1 Å². The Labute approximate surface area is 198 Å². The number of anilines is 2. The van der Waals surface area contributed by atoms with Gasteiger partial charge in [0.2, 0.25) is 5.91 Å². The fourth-order valence-corrected chi connectivity index (χ4v) is 7.86. The van der Waals surface area contributed by atoms with Crippen molar-refractivity contribution >= 4 is 17.3 Å². The van der Waals surface area contributed by atoms with Gasteiger partial charge in [-0.15, -0.1) is 0 Å². The molecule has 0 saturated heterocycles. The van der Waals surface area contributed by atoms with E-state index in [1.807, 2.05) is 0 Å². The van der Waals surface area contributed by atoms with E-state index in [1.54, 1.807) is 0 Å². The molecule has 174 valence electrons. The van der Waals surface area contributed by atoms with Gasteiger partial charge in [-0.3, -0.25) is 4.79 Å². The van der Waals surface area contributed by atoms with Gasteiger partial charge >= 0.3 is 0 Å². The fourth-order valence-electron chi connectivity index (χ4n) is 7.86. The molecule has 0 radical (unpaired) electrons. The Morgan fingerprint density at radius 1 is 1.00 bits per heavy atom. The smallest absolute Gasteiger partial charge is 0.226 e. The molecule has 2 aromatic rings. The first-order valence-corrected chi connectivity index (χ1v) is 12.9. The van der Waals surface area contributed by atoms with E-state index in [1.165, 1.54) is 41.8 Å². The second-order valence-electron chi connectivity index (χ2n) is 11.5. The van der Waals surface area contributed by atoms with Gasteiger partial charge in [-0.1, -0.05) is 30.3 Å². The van der Waals surface area contributed by atoms with Crippen LogP contribution in [0.5, 0.6) is 0 Å². The summed E-state index contributed by atoms with van der Waals surface area (Å²) in [5, 5.41) is 3.49. The Morgan fingerprint density at radius 2 is 1.64 bits per heavy atom. The van der Waals surface area contributed by atoms with Crippen LogP contribution in [0.2, 0.25) is 0 Å². The second kappa shape index (κ2) is 8.07. The first kappa shape index (κ1) is 21.1. The first-order chi connectivity index (χ1) is 16.0. The minimum atomic E-state index is -0.0863. The minimum absolute atomic E-state index is 0.0863. The molecular weight excluding hydrogens is 406 g/mol. The molecular formula is C29H37N3O. The molecule has 4 fully saturated rings. The molecule has 1 amide bonds. The molecule has 5 aliphatic rings. The normalized spacial score (nSPS) is 30.2. The zero-order valence-electron chi connectivity index (χ0n) is 20.1. The summed E-state index contributed by atoms with van der Waals surface area (Å²) in [4.78, 5) is 18.4. The minimum Gasteiger partial charge on any atom is -0.378 e. The Kier molecular flexibility index (Phi) is 5.15. The lowest BCUT2D eigenvalue weighted by atomic mass is 9.49. The van der Waals surface area contributed by atoms with E-state index >= 15 is 0 Å². The van der Waals surface area contributed by atoms with E-state index < -0.39 is 0 Å². The third-order valence-electron chi connectivity index (χ3n) is 9.07. The van der Waals surface area contributed by atoms with Crippen LogP contribution in [0, 0.1) is 23.2 Å². The number of hydrogen-bond acceptors (Lipinski definition) is 3. The predicted octanol–water partition coefficient (Wildman–Crippen LogP) is 5.19. The largest absolute Gasteiger partial charge is 0.378 e. The van der Waals surface area contributed by atoms with Crippen LogP contribution in [0.15, 0.2) is 48.5 Å². The summed E-state index contributed by atoms with van der Waals surface area (Å²) in [6.45, 7) is 1.68. The lowest BCUT2D eigenvalue weighted by Crippen LogP contribution is -2.54. The summed E-state index contributed by atoms with van der Waals surface area (Å²) in [5.41, 5.74) is 5.14. The molecule has 1 N–H and O–H groups in total. The van der Waals surface area contributed by atoms with Crippen molar-refractivity contribution in [2.75, 3.05) is 37.0 Å². The number of carbonyl (C=O) groups excluding carboxylic acids is 1. The summed E-state index contributed by atoms with van der Waals surface area (Å²) < 4.78 is 0. The maximum Gasteiger partial charge on any atom is 0.226 e. The third kappa shape index (κ3) is 3.72. The summed E-state index contributed by atoms with van der Waals surface area (Å²) in [6.07, 6.45) is 8.57. The number of carbonyl (C=O) groups is 1. The van der Waals surface area contributed by atoms with Crippen LogP contribution in [0.1, 0.15) is 55.7 Å². The van der Waals surface area contributed by atoms with Crippen LogP contribution in [0.3, 0.4) is 0 Å². The van der Waals surface area contributed by atoms with Gasteiger partial charge in [0.1, 0.15) is 0 Å². The molecule has 1 aliphatic heterocycles. The quantitative estimate of drug-likeness (QED) is 0.667. The van der Waals surface area contributed by atoms with E-state index in [4.69, 9.17) is 0 Å². The highest BCUT2D eigenvalue weighted by Gasteiger charge is 2.54. The fraction of sp³-hybridized carbons (Fsp3) is 0.552. The first-order valence-electron chi connectivity index (χ1n) is 12.9. The van der Waals surface area contributed by atoms with Crippen molar-refractivity contribution in [3.8, 4) is 0 Å². The Bertz CT molecular complexity index is 992. The number of hydrogen-bond donors (Lipinski definition) is 1. The monoisotopic (exact) mass is 443 g/mol. The Balaban J connectivity index is 1.25. The van der Waals surface area contributed by atoms with Crippen LogP contribution in [0.25, 0.3) is 0 Å². The van der Waals surface area contributed by atoms with Gasteiger partial charge in [0.15, 0.2) is 0 Å². The van der Waals surface area contributed by atoms with Gasteiger partial charge in [-0.2, -0.15) is 0 Å². The second-order valence-corrected chi connectivity index (χ2v) is 11.5. The van der Waals surface area contributed by atoms with Gasteiger partial charge in [-0.25, -0.2) is 0 Å².